The van der Waals surface area contributed by atoms with Gasteiger partial charge in [0.05, 0.1) is 0 Å². The Bertz CT molecular complexity index is 289. The Morgan fingerprint density at radius 1 is 1.35 bits per heavy atom. The molecule has 2 unspecified atom stereocenters. The van der Waals surface area contributed by atoms with Crippen molar-refractivity contribution in [3.63, 3.8) is 0 Å². The zero-order valence-electron chi connectivity index (χ0n) is 11.3. The van der Waals surface area contributed by atoms with Gasteiger partial charge >= 0.3 is 0 Å². The summed E-state index contributed by atoms with van der Waals surface area (Å²) in [5.74, 6) is 0.630. The molecule has 0 saturated carbocycles. The molecule has 0 aromatic heterocycles. The summed E-state index contributed by atoms with van der Waals surface area (Å²) in [5.41, 5.74) is 0. The first-order valence-electron chi connectivity index (χ1n) is 6.47. The number of carbonyl (C=O) groups is 2. The van der Waals surface area contributed by atoms with Gasteiger partial charge in [0.25, 0.3) is 0 Å². The fourth-order valence-corrected chi connectivity index (χ4v) is 2.32. The van der Waals surface area contributed by atoms with Gasteiger partial charge in [0, 0.05) is 20.0 Å². The van der Waals surface area contributed by atoms with Crippen molar-refractivity contribution < 1.29 is 9.59 Å². The Labute approximate surface area is 104 Å². The molecular formula is C13H24N2O2. The molecule has 4 nitrogen and oxygen atoms in total. The van der Waals surface area contributed by atoms with Crippen molar-refractivity contribution in [1.82, 2.24) is 10.2 Å². The number of piperidine rings is 1. The van der Waals surface area contributed by atoms with E-state index in [0.29, 0.717) is 5.92 Å². The highest BCUT2D eigenvalue weighted by Gasteiger charge is 2.29. The Kier molecular flexibility index (Phi) is 4.97. The average Bonchev–Trinajstić information content (AvgIpc) is 2.24. The van der Waals surface area contributed by atoms with Crippen molar-refractivity contribution in [2.45, 2.75) is 46.6 Å². The molecule has 1 aliphatic heterocycles. The molecule has 1 N–H and O–H groups in total. The average molecular weight is 240 g/mol. The minimum atomic E-state index is -0.377. The molecule has 2 atom stereocenters. The van der Waals surface area contributed by atoms with Crippen molar-refractivity contribution in [2.75, 3.05) is 13.1 Å². The third-order valence-corrected chi connectivity index (χ3v) is 3.26. The Balaban J connectivity index is 2.66. The normalized spacial score (nSPS) is 22.4. The van der Waals surface area contributed by atoms with Crippen LogP contribution in [0.25, 0.3) is 0 Å². The quantitative estimate of drug-likeness (QED) is 0.810. The molecule has 1 heterocycles. The molecule has 1 aliphatic rings. The molecule has 0 aromatic carbocycles. The minimum absolute atomic E-state index is 0.0711. The van der Waals surface area contributed by atoms with E-state index in [2.05, 4.69) is 12.2 Å². The van der Waals surface area contributed by atoms with Gasteiger partial charge in [-0.05, 0) is 24.7 Å². The molecule has 2 amide bonds. The van der Waals surface area contributed by atoms with E-state index < -0.39 is 0 Å². The molecule has 98 valence electrons. The molecule has 1 saturated heterocycles. The summed E-state index contributed by atoms with van der Waals surface area (Å²) in [4.78, 5) is 25.4. The number of hydrogen-bond donors (Lipinski definition) is 1. The standard InChI is InChI=1S/C13H24N2O2/c1-9(2)12(14-11(4)16)13(17)15-7-5-6-10(3)8-15/h9-10,12H,5-8H2,1-4H3,(H,14,16). The van der Waals surface area contributed by atoms with E-state index in [1.54, 1.807) is 0 Å². The predicted octanol–water partition coefficient (Wildman–Crippen LogP) is 1.41. The zero-order chi connectivity index (χ0) is 13.0. The Hall–Kier alpha value is -1.06. The molecule has 4 heteroatoms. The highest BCUT2D eigenvalue weighted by Crippen LogP contribution is 2.17. The second-order valence-corrected chi connectivity index (χ2v) is 5.45. The molecule has 0 spiro atoms. The van der Waals surface area contributed by atoms with Gasteiger partial charge in [0.1, 0.15) is 6.04 Å². The van der Waals surface area contributed by atoms with E-state index in [9.17, 15) is 9.59 Å². The lowest BCUT2D eigenvalue weighted by Gasteiger charge is -2.34. The minimum Gasteiger partial charge on any atom is -0.344 e. The second kappa shape index (κ2) is 6.03. The summed E-state index contributed by atoms with van der Waals surface area (Å²) in [7, 11) is 0. The molecular weight excluding hydrogens is 216 g/mol. The fraction of sp³-hybridized carbons (Fsp3) is 0.846. The summed E-state index contributed by atoms with van der Waals surface area (Å²) < 4.78 is 0. The first-order chi connectivity index (χ1) is 7.91. The monoisotopic (exact) mass is 240 g/mol. The maximum absolute atomic E-state index is 12.3. The topological polar surface area (TPSA) is 49.4 Å². The van der Waals surface area contributed by atoms with E-state index in [0.717, 1.165) is 19.5 Å². The summed E-state index contributed by atoms with van der Waals surface area (Å²) in [5, 5.41) is 2.76. The van der Waals surface area contributed by atoms with Crippen LogP contribution in [0.3, 0.4) is 0 Å². The summed E-state index contributed by atoms with van der Waals surface area (Å²) in [6.45, 7) is 9.20. The Morgan fingerprint density at radius 3 is 2.47 bits per heavy atom. The number of nitrogens with zero attached hydrogens (tertiary/aromatic N) is 1. The largest absolute Gasteiger partial charge is 0.344 e. The molecule has 1 fully saturated rings. The van der Waals surface area contributed by atoms with Crippen molar-refractivity contribution in [1.29, 1.82) is 0 Å². The summed E-state index contributed by atoms with van der Waals surface area (Å²) >= 11 is 0. The van der Waals surface area contributed by atoms with Crippen LogP contribution in [0.2, 0.25) is 0 Å². The van der Waals surface area contributed by atoms with Crippen LogP contribution < -0.4 is 5.32 Å². The molecule has 0 bridgehead atoms. The maximum Gasteiger partial charge on any atom is 0.245 e. The third-order valence-electron chi connectivity index (χ3n) is 3.26. The lowest BCUT2D eigenvalue weighted by atomic mass is 9.97. The molecule has 17 heavy (non-hydrogen) atoms. The number of amides is 2. The van der Waals surface area contributed by atoms with Crippen LogP contribution in [0.4, 0.5) is 0 Å². The smallest absolute Gasteiger partial charge is 0.245 e. The Morgan fingerprint density at radius 2 is 2.00 bits per heavy atom. The van der Waals surface area contributed by atoms with E-state index >= 15 is 0 Å². The number of carbonyl (C=O) groups excluding carboxylic acids is 2. The van der Waals surface area contributed by atoms with Crippen molar-refractivity contribution in [3.8, 4) is 0 Å². The third kappa shape index (κ3) is 4.02. The van der Waals surface area contributed by atoms with E-state index in [4.69, 9.17) is 0 Å². The van der Waals surface area contributed by atoms with Crippen LogP contribution >= 0.6 is 0 Å². The first kappa shape index (κ1) is 14.0. The van der Waals surface area contributed by atoms with Gasteiger partial charge in [-0.25, -0.2) is 0 Å². The van der Waals surface area contributed by atoms with E-state index in [1.165, 1.54) is 13.3 Å². The lowest BCUT2D eigenvalue weighted by molar-refractivity contribution is -0.138. The number of nitrogens with one attached hydrogen (secondary N) is 1. The van der Waals surface area contributed by atoms with Crippen LogP contribution in [0, 0.1) is 11.8 Å². The van der Waals surface area contributed by atoms with Gasteiger partial charge < -0.3 is 10.2 Å². The fourth-order valence-electron chi connectivity index (χ4n) is 2.32. The van der Waals surface area contributed by atoms with Gasteiger partial charge in [-0.2, -0.15) is 0 Å². The van der Waals surface area contributed by atoms with Crippen LogP contribution in [0.15, 0.2) is 0 Å². The molecule has 0 aliphatic carbocycles. The first-order valence-corrected chi connectivity index (χ1v) is 6.47. The van der Waals surface area contributed by atoms with Gasteiger partial charge in [-0.1, -0.05) is 20.8 Å². The predicted molar refractivity (Wildman–Crippen MR) is 67.4 cm³/mol. The molecule has 0 radical (unpaired) electrons. The van der Waals surface area contributed by atoms with E-state index in [1.807, 2.05) is 18.7 Å². The van der Waals surface area contributed by atoms with Crippen LogP contribution in [-0.2, 0) is 9.59 Å². The van der Waals surface area contributed by atoms with Crippen molar-refractivity contribution >= 4 is 11.8 Å². The second-order valence-electron chi connectivity index (χ2n) is 5.45. The van der Waals surface area contributed by atoms with Crippen molar-refractivity contribution in [2.24, 2.45) is 11.8 Å². The maximum atomic E-state index is 12.3. The highest BCUT2D eigenvalue weighted by molar-refractivity contribution is 5.87. The highest BCUT2D eigenvalue weighted by atomic mass is 16.2. The number of hydrogen-bond acceptors (Lipinski definition) is 2. The van der Waals surface area contributed by atoms with Crippen molar-refractivity contribution in [3.05, 3.63) is 0 Å². The van der Waals surface area contributed by atoms with Gasteiger partial charge in [-0.15, -0.1) is 0 Å². The van der Waals surface area contributed by atoms with Crippen LogP contribution in [0.5, 0.6) is 0 Å². The summed E-state index contributed by atoms with van der Waals surface area (Å²) in [6.07, 6.45) is 2.26. The van der Waals surface area contributed by atoms with Crippen LogP contribution in [-0.4, -0.2) is 35.8 Å². The van der Waals surface area contributed by atoms with Gasteiger partial charge in [0.2, 0.25) is 11.8 Å². The lowest BCUT2D eigenvalue weighted by Crippen LogP contribution is -2.52. The molecule has 1 rings (SSSR count). The van der Waals surface area contributed by atoms with Gasteiger partial charge in [0.15, 0.2) is 0 Å². The summed E-state index contributed by atoms with van der Waals surface area (Å²) in [6, 6.07) is -0.377. The van der Waals surface area contributed by atoms with Gasteiger partial charge in [-0.3, -0.25) is 9.59 Å². The SMILES string of the molecule is CC(=O)NC(C(=O)N1CCCC(C)C1)C(C)C. The number of rotatable bonds is 3. The number of likely N-dealkylation sites (tertiary alicyclic amines) is 1. The van der Waals surface area contributed by atoms with Crippen LogP contribution in [0.1, 0.15) is 40.5 Å². The molecule has 0 aromatic rings. The van der Waals surface area contributed by atoms with E-state index in [-0.39, 0.29) is 23.8 Å². The zero-order valence-corrected chi connectivity index (χ0v) is 11.3.